The first-order valence-electron chi connectivity index (χ1n) is 6.08. The zero-order chi connectivity index (χ0) is 14.3. The lowest BCUT2D eigenvalue weighted by Gasteiger charge is -2.29. The molecular formula is C14H19FN2O2. The summed E-state index contributed by atoms with van der Waals surface area (Å²) >= 11 is 0. The number of hydrogen-bond donors (Lipinski definition) is 2. The minimum Gasteiger partial charge on any atom is -0.396 e. The number of ether oxygens (including phenoxy) is 1. The van der Waals surface area contributed by atoms with Gasteiger partial charge in [-0.3, -0.25) is 0 Å². The fourth-order valence-corrected chi connectivity index (χ4v) is 1.87. The number of aliphatic hydroxyl groups excluding tert-OH is 1. The fourth-order valence-electron chi connectivity index (χ4n) is 1.87. The highest BCUT2D eigenvalue weighted by atomic mass is 19.1. The number of benzene rings is 1. The van der Waals surface area contributed by atoms with Gasteiger partial charge in [0.2, 0.25) is 0 Å². The zero-order valence-corrected chi connectivity index (χ0v) is 11.2. The molecule has 0 radical (unpaired) electrons. The molecule has 0 aliphatic heterocycles. The SMILES string of the molecule is COC[C@](C)(CCO)NCc1cc(C#N)ccc1F. The summed E-state index contributed by atoms with van der Waals surface area (Å²) < 4.78 is 18.7. The molecule has 0 aliphatic rings. The Bertz CT molecular complexity index is 451. The smallest absolute Gasteiger partial charge is 0.127 e. The van der Waals surface area contributed by atoms with E-state index in [4.69, 9.17) is 15.1 Å². The number of hydrogen-bond acceptors (Lipinski definition) is 4. The van der Waals surface area contributed by atoms with Crippen LogP contribution in [0.3, 0.4) is 0 Å². The number of nitrogens with one attached hydrogen (secondary N) is 1. The van der Waals surface area contributed by atoms with E-state index in [-0.39, 0.29) is 19.0 Å². The van der Waals surface area contributed by atoms with Crippen LogP contribution in [0.2, 0.25) is 0 Å². The minimum absolute atomic E-state index is 0.0214. The Labute approximate surface area is 112 Å². The first kappa shape index (κ1) is 15.6. The monoisotopic (exact) mass is 266 g/mol. The van der Waals surface area contributed by atoms with Crippen molar-refractivity contribution in [2.75, 3.05) is 20.3 Å². The first-order chi connectivity index (χ1) is 9.04. The van der Waals surface area contributed by atoms with Gasteiger partial charge < -0.3 is 15.2 Å². The van der Waals surface area contributed by atoms with E-state index in [1.54, 1.807) is 7.11 Å². The molecule has 1 aromatic carbocycles. The number of methoxy groups -OCH3 is 1. The summed E-state index contributed by atoms with van der Waals surface area (Å²) in [5, 5.41) is 21.0. The van der Waals surface area contributed by atoms with Crippen LogP contribution in [0, 0.1) is 17.1 Å². The van der Waals surface area contributed by atoms with Crippen molar-refractivity contribution < 1.29 is 14.2 Å². The van der Waals surface area contributed by atoms with Gasteiger partial charge in [0.1, 0.15) is 5.82 Å². The highest BCUT2D eigenvalue weighted by molar-refractivity contribution is 5.33. The molecule has 2 N–H and O–H groups in total. The van der Waals surface area contributed by atoms with Gasteiger partial charge in [-0.05, 0) is 31.5 Å². The second-order valence-electron chi connectivity index (χ2n) is 4.74. The van der Waals surface area contributed by atoms with Crippen LogP contribution in [0.15, 0.2) is 18.2 Å². The Kier molecular flexibility index (Phi) is 5.90. The molecule has 0 saturated carbocycles. The Balaban J connectivity index is 2.76. The van der Waals surface area contributed by atoms with Crippen molar-refractivity contribution in [1.29, 1.82) is 5.26 Å². The largest absolute Gasteiger partial charge is 0.396 e. The first-order valence-corrected chi connectivity index (χ1v) is 6.08. The Morgan fingerprint density at radius 2 is 2.26 bits per heavy atom. The lowest BCUT2D eigenvalue weighted by Crippen LogP contribution is -2.46. The molecule has 0 fully saturated rings. The van der Waals surface area contributed by atoms with E-state index in [2.05, 4.69) is 5.32 Å². The maximum Gasteiger partial charge on any atom is 0.127 e. The summed E-state index contributed by atoms with van der Waals surface area (Å²) in [4.78, 5) is 0. The average molecular weight is 266 g/mol. The van der Waals surface area contributed by atoms with Crippen LogP contribution in [0.1, 0.15) is 24.5 Å². The molecule has 5 heteroatoms. The van der Waals surface area contributed by atoms with Crippen molar-refractivity contribution in [2.24, 2.45) is 0 Å². The van der Waals surface area contributed by atoms with Crippen LogP contribution in [0.4, 0.5) is 4.39 Å². The van der Waals surface area contributed by atoms with Crippen LogP contribution in [0.25, 0.3) is 0 Å². The molecule has 0 saturated heterocycles. The molecule has 0 aromatic heterocycles. The molecule has 104 valence electrons. The van der Waals surface area contributed by atoms with Crippen molar-refractivity contribution in [3.8, 4) is 6.07 Å². The van der Waals surface area contributed by atoms with Gasteiger partial charge in [-0.15, -0.1) is 0 Å². The highest BCUT2D eigenvalue weighted by Crippen LogP contribution is 2.14. The number of nitriles is 1. The average Bonchev–Trinajstić information content (AvgIpc) is 2.38. The number of halogens is 1. The van der Waals surface area contributed by atoms with E-state index in [0.717, 1.165) is 0 Å². The van der Waals surface area contributed by atoms with Gasteiger partial charge in [-0.25, -0.2) is 4.39 Å². The Morgan fingerprint density at radius 1 is 1.53 bits per heavy atom. The second kappa shape index (κ2) is 7.19. The molecule has 1 rings (SSSR count). The van der Waals surface area contributed by atoms with Gasteiger partial charge in [0, 0.05) is 31.4 Å². The maximum absolute atomic E-state index is 13.6. The summed E-state index contributed by atoms with van der Waals surface area (Å²) in [5.41, 5.74) is 0.423. The third kappa shape index (κ3) is 4.60. The molecule has 0 aliphatic carbocycles. The summed E-state index contributed by atoms with van der Waals surface area (Å²) in [7, 11) is 1.58. The second-order valence-corrected chi connectivity index (χ2v) is 4.74. The topological polar surface area (TPSA) is 65.3 Å². The fraction of sp³-hybridized carbons (Fsp3) is 0.500. The predicted octanol–water partition coefficient (Wildman–Crippen LogP) is 1.57. The summed E-state index contributed by atoms with van der Waals surface area (Å²) in [6.45, 7) is 2.61. The van der Waals surface area contributed by atoms with E-state index < -0.39 is 5.54 Å². The van der Waals surface area contributed by atoms with Crippen molar-refractivity contribution in [3.63, 3.8) is 0 Å². The van der Waals surface area contributed by atoms with Gasteiger partial charge in [0.25, 0.3) is 0 Å². The van der Waals surface area contributed by atoms with Gasteiger partial charge >= 0.3 is 0 Å². The third-order valence-electron chi connectivity index (χ3n) is 3.01. The molecule has 1 atom stereocenters. The summed E-state index contributed by atoms with van der Waals surface area (Å²) in [6, 6.07) is 6.24. The van der Waals surface area contributed by atoms with Crippen LogP contribution >= 0.6 is 0 Å². The summed E-state index contributed by atoms with van der Waals surface area (Å²) in [5.74, 6) is -0.352. The lowest BCUT2D eigenvalue weighted by atomic mass is 9.98. The van der Waals surface area contributed by atoms with E-state index in [1.165, 1.54) is 18.2 Å². The predicted molar refractivity (Wildman–Crippen MR) is 69.9 cm³/mol. The maximum atomic E-state index is 13.6. The van der Waals surface area contributed by atoms with Gasteiger partial charge in [-0.1, -0.05) is 0 Å². The van der Waals surface area contributed by atoms with Crippen LogP contribution in [-0.4, -0.2) is 31.0 Å². The molecule has 0 unspecified atom stereocenters. The third-order valence-corrected chi connectivity index (χ3v) is 3.01. The van der Waals surface area contributed by atoms with Gasteiger partial charge in [-0.2, -0.15) is 5.26 Å². The molecule has 0 spiro atoms. The molecule has 0 amide bonds. The molecule has 1 aromatic rings. The van der Waals surface area contributed by atoms with Crippen LogP contribution < -0.4 is 5.32 Å². The van der Waals surface area contributed by atoms with Crippen molar-refractivity contribution in [2.45, 2.75) is 25.4 Å². The molecule has 0 heterocycles. The van der Waals surface area contributed by atoms with Crippen molar-refractivity contribution >= 4 is 0 Å². The van der Waals surface area contributed by atoms with Crippen LogP contribution in [0.5, 0.6) is 0 Å². The van der Waals surface area contributed by atoms with E-state index in [1.807, 2.05) is 13.0 Å². The molecular weight excluding hydrogens is 247 g/mol. The van der Waals surface area contributed by atoms with Gasteiger partial charge in [0.05, 0.1) is 18.2 Å². The quantitative estimate of drug-likeness (QED) is 0.786. The Morgan fingerprint density at radius 3 is 2.84 bits per heavy atom. The highest BCUT2D eigenvalue weighted by Gasteiger charge is 2.23. The van der Waals surface area contributed by atoms with E-state index in [0.29, 0.717) is 24.2 Å². The Hall–Kier alpha value is -1.48. The van der Waals surface area contributed by atoms with Crippen molar-refractivity contribution in [1.82, 2.24) is 5.32 Å². The van der Waals surface area contributed by atoms with E-state index >= 15 is 0 Å². The minimum atomic E-state index is -0.432. The number of aliphatic hydroxyl groups is 1. The molecule has 19 heavy (non-hydrogen) atoms. The van der Waals surface area contributed by atoms with E-state index in [9.17, 15) is 4.39 Å². The normalized spacial score (nSPS) is 13.8. The van der Waals surface area contributed by atoms with Gasteiger partial charge in [0.15, 0.2) is 0 Å². The lowest BCUT2D eigenvalue weighted by molar-refractivity contribution is 0.0967. The summed E-state index contributed by atoms with van der Waals surface area (Å²) in [6.07, 6.45) is 0.500. The molecule has 0 bridgehead atoms. The van der Waals surface area contributed by atoms with Crippen LogP contribution in [-0.2, 0) is 11.3 Å². The zero-order valence-electron chi connectivity index (χ0n) is 11.2. The number of rotatable bonds is 7. The van der Waals surface area contributed by atoms with Crippen molar-refractivity contribution in [3.05, 3.63) is 35.1 Å². The molecule has 4 nitrogen and oxygen atoms in total. The number of nitrogens with zero attached hydrogens (tertiary/aromatic N) is 1. The standard InChI is InChI=1S/C14H19FN2O2/c1-14(5-6-18,10-19-2)17-9-12-7-11(8-16)3-4-13(12)15/h3-4,7,17-18H,5-6,9-10H2,1-2H3/t14-/m0/s1.